The average Bonchev–Trinajstić information content (AvgIpc) is 3.44. The largest absolute Gasteiger partial charge is 0.352 e. The molecule has 0 radical (unpaired) electrons. The molecular weight excluding hydrogens is 320 g/mol. The Bertz CT molecular complexity index is 630. The molecule has 1 aromatic carbocycles. The van der Waals surface area contributed by atoms with Crippen molar-refractivity contribution in [3.8, 4) is 0 Å². The zero-order valence-corrected chi connectivity index (χ0v) is 14.2. The van der Waals surface area contributed by atoms with E-state index in [1.807, 2.05) is 30.3 Å². The van der Waals surface area contributed by atoms with E-state index in [9.17, 15) is 14.4 Å². The Kier molecular flexibility index (Phi) is 5.53. The maximum Gasteiger partial charge on any atom is 0.321 e. The van der Waals surface area contributed by atoms with Gasteiger partial charge in [-0.2, -0.15) is 0 Å². The molecule has 1 saturated carbocycles. The fourth-order valence-corrected chi connectivity index (χ4v) is 2.92. The molecule has 2 fully saturated rings. The van der Waals surface area contributed by atoms with Gasteiger partial charge in [-0.15, -0.1) is 0 Å². The van der Waals surface area contributed by atoms with E-state index in [1.54, 1.807) is 4.90 Å². The molecule has 1 saturated heterocycles. The maximum atomic E-state index is 12.3. The number of rotatable bonds is 5. The first kappa shape index (κ1) is 17.3. The van der Waals surface area contributed by atoms with Crippen molar-refractivity contribution in [2.24, 2.45) is 5.92 Å². The fraction of sp³-hybridized carbons (Fsp3) is 0.500. The number of nitrogens with zero attached hydrogens (tertiary/aromatic N) is 1. The molecular formula is C18H24N4O3. The number of hydrogen-bond acceptors (Lipinski definition) is 3. The SMILES string of the molecule is O=C(CNC(=O)[C@H]1CCCN(C(=O)Nc2ccccc2)C1)NC1CC1. The Morgan fingerprint density at radius 2 is 1.84 bits per heavy atom. The molecule has 1 aliphatic heterocycles. The molecule has 1 heterocycles. The van der Waals surface area contributed by atoms with Crippen LogP contribution in [0.4, 0.5) is 10.5 Å². The van der Waals surface area contributed by atoms with Gasteiger partial charge in [0.15, 0.2) is 0 Å². The summed E-state index contributed by atoms with van der Waals surface area (Å²) in [5, 5.41) is 8.36. The summed E-state index contributed by atoms with van der Waals surface area (Å²) in [5.41, 5.74) is 0.732. The summed E-state index contributed by atoms with van der Waals surface area (Å²) in [4.78, 5) is 37.9. The van der Waals surface area contributed by atoms with Crippen molar-refractivity contribution in [3.05, 3.63) is 30.3 Å². The van der Waals surface area contributed by atoms with Crippen LogP contribution >= 0.6 is 0 Å². The highest BCUT2D eigenvalue weighted by Crippen LogP contribution is 2.19. The summed E-state index contributed by atoms with van der Waals surface area (Å²) in [7, 11) is 0. The van der Waals surface area contributed by atoms with Gasteiger partial charge in [0.2, 0.25) is 11.8 Å². The Labute approximate surface area is 147 Å². The molecule has 0 bridgehead atoms. The number of likely N-dealkylation sites (tertiary alicyclic amines) is 1. The summed E-state index contributed by atoms with van der Waals surface area (Å²) in [6.07, 6.45) is 3.54. The standard InChI is InChI=1S/C18H24N4O3/c23-16(20-15-8-9-15)11-19-17(24)13-5-4-10-22(12-13)18(25)21-14-6-2-1-3-7-14/h1-3,6-7,13,15H,4-5,8-12H2,(H,19,24)(H,20,23)(H,21,25)/t13-/m0/s1. The Balaban J connectivity index is 1.45. The molecule has 0 spiro atoms. The lowest BCUT2D eigenvalue weighted by Gasteiger charge is -2.32. The van der Waals surface area contributed by atoms with Gasteiger partial charge < -0.3 is 20.9 Å². The third-order valence-electron chi connectivity index (χ3n) is 4.47. The van der Waals surface area contributed by atoms with Crippen LogP contribution in [0.5, 0.6) is 0 Å². The number of urea groups is 1. The minimum Gasteiger partial charge on any atom is -0.352 e. The Hall–Kier alpha value is -2.57. The highest BCUT2D eigenvalue weighted by atomic mass is 16.2. The van der Waals surface area contributed by atoms with E-state index in [2.05, 4.69) is 16.0 Å². The molecule has 2 aliphatic rings. The van der Waals surface area contributed by atoms with Crippen LogP contribution < -0.4 is 16.0 Å². The molecule has 7 heteroatoms. The predicted molar refractivity (Wildman–Crippen MR) is 93.9 cm³/mol. The van der Waals surface area contributed by atoms with E-state index < -0.39 is 0 Å². The average molecular weight is 344 g/mol. The molecule has 4 amide bonds. The molecule has 0 aromatic heterocycles. The van der Waals surface area contributed by atoms with Gasteiger partial charge in [0, 0.05) is 24.8 Å². The number of amides is 4. The van der Waals surface area contributed by atoms with Crippen LogP contribution in [0.25, 0.3) is 0 Å². The second-order valence-corrected chi connectivity index (χ2v) is 6.64. The number of nitrogens with one attached hydrogen (secondary N) is 3. The summed E-state index contributed by atoms with van der Waals surface area (Å²) < 4.78 is 0. The summed E-state index contributed by atoms with van der Waals surface area (Å²) in [6.45, 7) is 1.00. The van der Waals surface area contributed by atoms with Gasteiger partial charge in [0.1, 0.15) is 0 Å². The zero-order chi connectivity index (χ0) is 17.6. The molecule has 3 N–H and O–H groups in total. The number of anilines is 1. The molecule has 1 aliphatic carbocycles. The van der Waals surface area contributed by atoms with Gasteiger partial charge in [-0.3, -0.25) is 9.59 Å². The normalized spacial score (nSPS) is 19.8. The minimum absolute atomic E-state index is 0.00203. The van der Waals surface area contributed by atoms with Crippen LogP contribution in [0.1, 0.15) is 25.7 Å². The van der Waals surface area contributed by atoms with E-state index in [1.165, 1.54) is 0 Å². The van der Waals surface area contributed by atoms with Gasteiger partial charge in [-0.1, -0.05) is 18.2 Å². The first-order valence-electron chi connectivity index (χ1n) is 8.80. The molecule has 1 atom stereocenters. The summed E-state index contributed by atoms with van der Waals surface area (Å²) >= 11 is 0. The highest BCUT2D eigenvalue weighted by molar-refractivity contribution is 5.90. The molecule has 134 valence electrons. The molecule has 1 aromatic rings. The number of benzene rings is 1. The third kappa shape index (κ3) is 5.20. The lowest BCUT2D eigenvalue weighted by atomic mass is 9.97. The van der Waals surface area contributed by atoms with Crippen molar-refractivity contribution >= 4 is 23.5 Å². The smallest absolute Gasteiger partial charge is 0.321 e. The number of piperidine rings is 1. The van der Waals surface area contributed by atoms with E-state index in [4.69, 9.17) is 0 Å². The molecule has 25 heavy (non-hydrogen) atoms. The van der Waals surface area contributed by atoms with Gasteiger partial charge in [-0.05, 0) is 37.8 Å². The van der Waals surface area contributed by atoms with Gasteiger partial charge >= 0.3 is 6.03 Å². The van der Waals surface area contributed by atoms with Crippen molar-refractivity contribution in [2.45, 2.75) is 31.7 Å². The van der Waals surface area contributed by atoms with Crippen molar-refractivity contribution < 1.29 is 14.4 Å². The monoisotopic (exact) mass is 344 g/mol. The van der Waals surface area contributed by atoms with Crippen LogP contribution in [-0.4, -0.2) is 48.4 Å². The zero-order valence-electron chi connectivity index (χ0n) is 14.2. The Morgan fingerprint density at radius 3 is 2.56 bits per heavy atom. The van der Waals surface area contributed by atoms with Crippen molar-refractivity contribution in [2.75, 3.05) is 25.0 Å². The second kappa shape index (κ2) is 8.00. The first-order valence-corrected chi connectivity index (χ1v) is 8.80. The summed E-state index contributed by atoms with van der Waals surface area (Å²) in [5.74, 6) is -0.586. The van der Waals surface area contributed by atoms with Crippen molar-refractivity contribution in [1.82, 2.24) is 15.5 Å². The maximum absolute atomic E-state index is 12.3. The third-order valence-corrected chi connectivity index (χ3v) is 4.47. The van der Waals surface area contributed by atoms with E-state index >= 15 is 0 Å². The quantitative estimate of drug-likeness (QED) is 0.752. The fourth-order valence-electron chi connectivity index (χ4n) is 2.92. The van der Waals surface area contributed by atoms with E-state index in [-0.39, 0.29) is 36.3 Å². The van der Waals surface area contributed by atoms with Crippen LogP contribution in [0.15, 0.2) is 30.3 Å². The molecule has 3 rings (SSSR count). The van der Waals surface area contributed by atoms with Crippen LogP contribution in [0.3, 0.4) is 0 Å². The van der Waals surface area contributed by atoms with E-state index in [0.29, 0.717) is 13.1 Å². The molecule has 0 unspecified atom stereocenters. The van der Waals surface area contributed by atoms with Crippen molar-refractivity contribution in [1.29, 1.82) is 0 Å². The highest BCUT2D eigenvalue weighted by Gasteiger charge is 2.29. The number of para-hydroxylation sites is 1. The van der Waals surface area contributed by atoms with Gasteiger partial charge in [-0.25, -0.2) is 4.79 Å². The lowest BCUT2D eigenvalue weighted by molar-refractivity contribution is -0.129. The second-order valence-electron chi connectivity index (χ2n) is 6.64. The molecule has 7 nitrogen and oxygen atoms in total. The number of carbonyl (C=O) groups is 3. The topological polar surface area (TPSA) is 90.5 Å². The number of hydrogen-bond donors (Lipinski definition) is 3. The predicted octanol–water partition coefficient (Wildman–Crippen LogP) is 1.33. The van der Waals surface area contributed by atoms with Gasteiger partial charge in [0.05, 0.1) is 12.5 Å². The Morgan fingerprint density at radius 1 is 1.08 bits per heavy atom. The lowest BCUT2D eigenvalue weighted by Crippen LogP contribution is -2.48. The summed E-state index contributed by atoms with van der Waals surface area (Å²) in [6, 6.07) is 9.33. The van der Waals surface area contributed by atoms with Crippen molar-refractivity contribution in [3.63, 3.8) is 0 Å². The number of carbonyl (C=O) groups excluding carboxylic acids is 3. The van der Waals surface area contributed by atoms with E-state index in [0.717, 1.165) is 31.4 Å². The minimum atomic E-state index is -0.274. The van der Waals surface area contributed by atoms with Gasteiger partial charge in [0.25, 0.3) is 0 Å². The van der Waals surface area contributed by atoms with Crippen LogP contribution in [0.2, 0.25) is 0 Å². The van der Waals surface area contributed by atoms with Crippen LogP contribution in [-0.2, 0) is 9.59 Å². The van der Waals surface area contributed by atoms with Crippen LogP contribution in [0, 0.1) is 5.92 Å². The first-order chi connectivity index (χ1) is 12.1.